The number of amides is 2. The molecule has 0 spiro atoms. The summed E-state index contributed by atoms with van der Waals surface area (Å²) in [5.41, 5.74) is 5.73. The summed E-state index contributed by atoms with van der Waals surface area (Å²) in [5.74, 6) is -0.651. The summed E-state index contributed by atoms with van der Waals surface area (Å²) in [4.78, 5) is 23.8. The molecule has 1 aromatic carbocycles. The average Bonchev–Trinajstić information content (AvgIpc) is 2.19. The number of nitrogens with two attached hydrogens (primary N) is 1. The van der Waals surface area contributed by atoms with Crippen LogP contribution in [0.4, 0.5) is 5.69 Å². The van der Waals surface area contributed by atoms with Gasteiger partial charge in [0.25, 0.3) is 0 Å². The number of likely N-dealkylation sites (N-methyl/N-ethyl adjacent to an activating group) is 1. The third-order valence-electron chi connectivity index (χ3n) is 1.99. The number of benzene rings is 1. The van der Waals surface area contributed by atoms with Gasteiger partial charge >= 0.3 is 0 Å². The Bertz CT molecular complexity index is 423. The summed E-state index contributed by atoms with van der Waals surface area (Å²) in [6.07, 6.45) is 0. The molecule has 1 aromatic rings. The monoisotopic (exact) mass is 299 g/mol. The SMILES string of the molecule is CN(CC(N)=O)CC(=O)Nc1ccccc1Br. The maximum Gasteiger partial charge on any atom is 0.238 e. The van der Waals surface area contributed by atoms with Crippen molar-refractivity contribution in [2.24, 2.45) is 5.73 Å². The lowest BCUT2D eigenvalue weighted by Crippen LogP contribution is -2.36. The zero-order valence-corrected chi connectivity index (χ0v) is 11.0. The predicted molar refractivity (Wildman–Crippen MR) is 69.5 cm³/mol. The number of hydrogen-bond donors (Lipinski definition) is 2. The van der Waals surface area contributed by atoms with Crippen molar-refractivity contribution in [3.8, 4) is 0 Å². The van der Waals surface area contributed by atoms with E-state index >= 15 is 0 Å². The summed E-state index contributed by atoms with van der Waals surface area (Å²) in [5, 5.41) is 2.73. The number of carbonyl (C=O) groups is 2. The Morgan fingerprint density at radius 1 is 1.35 bits per heavy atom. The van der Waals surface area contributed by atoms with Crippen molar-refractivity contribution >= 4 is 33.4 Å². The van der Waals surface area contributed by atoms with Crippen LogP contribution in [0.5, 0.6) is 0 Å². The Balaban J connectivity index is 2.50. The Morgan fingerprint density at radius 3 is 2.59 bits per heavy atom. The third kappa shape index (κ3) is 4.97. The molecule has 0 saturated heterocycles. The van der Waals surface area contributed by atoms with Crippen LogP contribution >= 0.6 is 15.9 Å². The Kier molecular flexibility index (Phi) is 5.11. The number of rotatable bonds is 5. The van der Waals surface area contributed by atoms with E-state index in [0.717, 1.165) is 4.47 Å². The molecular weight excluding hydrogens is 286 g/mol. The van der Waals surface area contributed by atoms with E-state index in [9.17, 15) is 9.59 Å². The first-order chi connectivity index (χ1) is 7.99. The van der Waals surface area contributed by atoms with Crippen molar-refractivity contribution in [1.29, 1.82) is 0 Å². The van der Waals surface area contributed by atoms with Crippen LogP contribution in [-0.4, -0.2) is 36.9 Å². The normalized spacial score (nSPS) is 10.3. The molecule has 0 heterocycles. The van der Waals surface area contributed by atoms with Gasteiger partial charge < -0.3 is 11.1 Å². The number of carbonyl (C=O) groups excluding carboxylic acids is 2. The molecule has 0 saturated carbocycles. The fourth-order valence-electron chi connectivity index (χ4n) is 1.32. The molecule has 0 aliphatic heterocycles. The molecule has 92 valence electrons. The van der Waals surface area contributed by atoms with E-state index < -0.39 is 5.91 Å². The molecular formula is C11H14BrN3O2. The van der Waals surface area contributed by atoms with Gasteiger partial charge in [-0.25, -0.2) is 0 Å². The van der Waals surface area contributed by atoms with Crippen molar-refractivity contribution in [1.82, 2.24) is 4.90 Å². The van der Waals surface area contributed by atoms with Crippen molar-refractivity contribution in [3.05, 3.63) is 28.7 Å². The first kappa shape index (κ1) is 13.7. The summed E-state index contributed by atoms with van der Waals surface area (Å²) in [7, 11) is 1.66. The largest absolute Gasteiger partial charge is 0.369 e. The smallest absolute Gasteiger partial charge is 0.238 e. The maximum atomic E-state index is 11.6. The molecule has 0 atom stereocenters. The number of hydrogen-bond acceptors (Lipinski definition) is 3. The first-order valence-electron chi connectivity index (χ1n) is 5.00. The standard InChI is InChI=1S/C11H14BrN3O2/c1-15(6-10(13)16)7-11(17)14-9-5-3-2-4-8(9)12/h2-5H,6-7H2,1H3,(H2,13,16)(H,14,17). The zero-order chi connectivity index (χ0) is 12.8. The number of primary amides is 1. The molecule has 3 N–H and O–H groups in total. The lowest BCUT2D eigenvalue weighted by Gasteiger charge is -2.14. The number of nitrogens with one attached hydrogen (secondary N) is 1. The Hall–Kier alpha value is -1.40. The minimum atomic E-state index is -0.457. The van der Waals surface area contributed by atoms with E-state index in [2.05, 4.69) is 21.2 Å². The van der Waals surface area contributed by atoms with E-state index in [1.165, 1.54) is 0 Å². The minimum Gasteiger partial charge on any atom is -0.369 e. The molecule has 1 rings (SSSR count). The Labute approximate surface area is 108 Å². The topological polar surface area (TPSA) is 75.4 Å². The van der Waals surface area contributed by atoms with Gasteiger partial charge in [-0.3, -0.25) is 14.5 Å². The second-order valence-corrected chi connectivity index (χ2v) is 4.52. The van der Waals surface area contributed by atoms with Crippen LogP contribution in [0.1, 0.15) is 0 Å². The van der Waals surface area contributed by atoms with Gasteiger partial charge in [-0.05, 0) is 35.1 Å². The van der Waals surface area contributed by atoms with Crippen molar-refractivity contribution in [2.75, 3.05) is 25.5 Å². The number of para-hydroxylation sites is 1. The molecule has 0 aromatic heterocycles. The molecule has 17 heavy (non-hydrogen) atoms. The quantitative estimate of drug-likeness (QED) is 0.845. The van der Waals surface area contributed by atoms with E-state index in [0.29, 0.717) is 5.69 Å². The van der Waals surface area contributed by atoms with Crippen LogP contribution in [0.2, 0.25) is 0 Å². The van der Waals surface area contributed by atoms with Crippen LogP contribution in [0.15, 0.2) is 28.7 Å². The van der Waals surface area contributed by atoms with E-state index in [-0.39, 0.29) is 19.0 Å². The highest BCUT2D eigenvalue weighted by molar-refractivity contribution is 9.10. The van der Waals surface area contributed by atoms with E-state index in [4.69, 9.17) is 5.73 Å². The second-order valence-electron chi connectivity index (χ2n) is 3.67. The molecule has 0 aliphatic carbocycles. The van der Waals surface area contributed by atoms with Gasteiger partial charge in [-0.1, -0.05) is 12.1 Å². The lowest BCUT2D eigenvalue weighted by atomic mass is 10.3. The molecule has 2 amide bonds. The second kappa shape index (κ2) is 6.36. The van der Waals surface area contributed by atoms with Crippen LogP contribution in [0.25, 0.3) is 0 Å². The van der Waals surface area contributed by atoms with Gasteiger partial charge in [0.2, 0.25) is 11.8 Å². The number of halogens is 1. The summed E-state index contributed by atoms with van der Waals surface area (Å²) in [6, 6.07) is 7.31. The molecule has 0 radical (unpaired) electrons. The summed E-state index contributed by atoms with van der Waals surface area (Å²) >= 11 is 3.33. The molecule has 0 bridgehead atoms. The Morgan fingerprint density at radius 2 is 2.00 bits per heavy atom. The molecule has 0 unspecified atom stereocenters. The summed E-state index contributed by atoms with van der Waals surface area (Å²) < 4.78 is 0.811. The van der Waals surface area contributed by atoms with Crippen LogP contribution in [-0.2, 0) is 9.59 Å². The zero-order valence-electron chi connectivity index (χ0n) is 9.44. The number of nitrogens with zero attached hydrogens (tertiary/aromatic N) is 1. The lowest BCUT2D eigenvalue weighted by molar-refractivity contribution is -0.120. The van der Waals surface area contributed by atoms with Gasteiger partial charge in [-0.15, -0.1) is 0 Å². The van der Waals surface area contributed by atoms with E-state index in [1.807, 2.05) is 18.2 Å². The van der Waals surface area contributed by atoms with Crippen molar-refractivity contribution < 1.29 is 9.59 Å². The fraction of sp³-hybridized carbons (Fsp3) is 0.273. The molecule has 6 heteroatoms. The van der Waals surface area contributed by atoms with Gasteiger partial charge in [-0.2, -0.15) is 0 Å². The highest BCUT2D eigenvalue weighted by Gasteiger charge is 2.09. The molecule has 0 fully saturated rings. The van der Waals surface area contributed by atoms with E-state index in [1.54, 1.807) is 18.0 Å². The van der Waals surface area contributed by atoms with Crippen LogP contribution in [0, 0.1) is 0 Å². The van der Waals surface area contributed by atoms with Crippen LogP contribution < -0.4 is 11.1 Å². The van der Waals surface area contributed by atoms with Gasteiger partial charge in [0.05, 0.1) is 18.8 Å². The highest BCUT2D eigenvalue weighted by Crippen LogP contribution is 2.20. The van der Waals surface area contributed by atoms with Gasteiger partial charge in [0.1, 0.15) is 0 Å². The number of anilines is 1. The molecule has 0 aliphatic rings. The van der Waals surface area contributed by atoms with Crippen molar-refractivity contribution in [3.63, 3.8) is 0 Å². The average molecular weight is 300 g/mol. The van der Waals surface area contributed by atoms with Gasteiger partial charge in [0, 0.05) is 4.47 Å². The predicted octanol–water partition coefficient (Wildman–Crippen LogP) is 0.805. The molecule has 5 nitrogen and oxygen atoms in total. The maximum absolute atomic E-state index is 11.6. The third-order valence-corrected chi connectivity index (χ3v) is 2.68. The van der Waals surface area contributed by atoms with Crippen molar-refractivity contribution in [2.45, 2.75) is 0 Å². The highest BCUT2D eigenvalue weighted by atomic mass is 79.9. The van der Waals surface area contributed by atoms with Gasteiger partial charge in [0.15, 0.2) is 0 Å². The minimum absolute atomic E-state index is 0.0589. The van der Waals surface area contributed by atoms with Crippen LogP contribution in [0.3, 0.4) is 0 Å². The first-order valence-corrected chi connectivity index (χ1v) is 5.79. The fourth-order valence-corrected chi connectivity index (χ4v) is 1.70. The summed E-state index contributed by atoms with van der Waals surface area (Å²) in [6.45, 7) is 0.174.